The number of non-ortho nitro benzene ring substituents is 1. The van der Waals surface area contributed by atoms with Gasteiger partial charge in [0.05, 0.1) is 16.3 Å². The molecule has 0 unspecified atom stereocenters. The summed E-state index contributed by atoms with van der Waals surface area (Å²) in [6.07, 6.45) is 0. The molecule has 0 aromatic heterocycles. The first-order chi connectivity index (χ1) is 11.1. The van der Waals surface area contributed by atoms with Crippen LogP contribution in [0.25, 0.3) is 10.8 Å². The third-order valence-electron chi connectivity index (χ3n) is 4.10. The summed E-state index contributed by atoms with van der Waals surface area (Å²) in [5.41, 5.74) is 2.94. The molecule has 112 valence electrons. The van der Waals surface area contributed by atoms with E-state index in [4.69, 9.17) is 4.99 Å². The van der Waals surface area contributed by atoms with Crippen molar-refractivity contribution < 1.29 is 4.92 Å². The predicted molar refractivity (Wildman–Crippen MR) is 91.6 cm³/mol. The maximum Gasteiger partial charge on any atom is 0.269 e. The van der Waals surface area contributed by atoms with Crippen LogP contribution in [-0.2, 0) is 0 Å². The van der Waals surface area contributed by atoms with Gasteiger partial charge >= 0.3 is 0 Å². The van der Waals surface area contributed by atoms with Gasteiger partial charge in [-0.15, -0.1) is 0 Å². The second kappa shape index (κ2) is 4.91. The topological polar surface area (TPSA) is 58.7 Å². The van der Waals surface area contributed by atoms with Gasteiger partial charge in [-0.3, -0.25) is 10.1 Å². The Bertz CT molecular complexity index is 956. The lowest BCUT2D eigenvalue weighted by Gasteiger charge is -2.27. The molecule has 0 atom stereocenters. The van der Waals surface area contributed by atoms with Crippen molar-refractivity contribution in [2.75, 3.05) is 11.9 Å². The van der Waals surface area contributed by atoms with Gasteiger partial charge in [0.1, 0.15) is 5.84 Å². The normalized spacial score (nSPS) is 13.1. The highest BCUT2D eigenvalue weighted by atomic mass is 16.6. The molecule has 0 N–H and O–H groups in total. The number of rotatable bonds is 2. The van der Waals surface area contributed by atoms with Crippen molar-refractivity contribution in [3.05, 3.63) is 76.3 Å². The van der Waals surface area contributed by atoms with Gasteiger partial charge < -0.3 is 4.90 Å². The summed E-state index contributed by atoms with van der Waals surface area (Å²) in [6.45, 7) is 0. The Morgan fingerprint density at radius 1 is 1.00 bits per heavy atom. The van der Waals surface area contributed by atoms with Crippen LogP contribution < -0.4 is 4.90 Å². The van der Waals surface area contributed by atoms with Gasteiger partial charge in [-0.05, 0) is 29.7 Å². The van der Waals surface area contributed by atoms with Crippen LogP contribution in [0.2, 0.25) is 0 Å². The number of aliphatic imine (C=N–C) groups is 1. The summed E-state index contributed by atoms with van der Waals surface area (Å²) in [5, 5.41) is 13.1. The number of benzene rings is 3. The van der Waals surface area contributed by atoms with Crippen LogP contribution in [0.1, 0.15) is 5.56 Å². The average Bonchev–Trinajstić information content (AvgIpc) is 2.58. The van der Waals surface area contributed by atoms with Crippen molar-refractivity contribution in [2.45, 2.75) is 0 Å². The molecule has 5 heteroatoms. The number of hydrogen-bond acceptors (Lipinski definition) is 4. The van der Waals surface area contributed by atoms with Gasteiger partial charge in [-0.2, -0.15) is 0 Å². The number of amidine groups is 1. The van der Waals surface area contributed by atoms with Crippen molar-refractivity contribution in [2.24, 2.45) is 4.99 Å². The molecule has 1 aliphatic rings. The van der Waals surface area contributed by atoms with Gasteiger partial charge in [-0.1, -0.05) is 24.3 Å². The molecule has 0 radical (unpaired) electrons. The SMILES string of the molecule is CN1C(c2ccc([N+](=O)[O-])cc2)=Nc2cccc3cccc1c23. The van der Waals surface area contributed by atoms with Gasteiger partial charge in [0.15, 0.2) is 0 Å². The molecule has 3 aromatic rings. The van der Waals surface area contributed by atoms with E-state index < -0.39 is 4.92 Å². The number of nitro benzene ring substituents is 1. The third-order valence-corrected chi connectivity index (χ3v) is 4.10. The van der Waals surface area contributed by atoms with Crippen molar-refractivity contribution in [3.63, 3.8) is 0 Å². The first-order valence-corrected chi connectivity index (χ1v) is 7.24. The van der Waals surface area contributed by atoms with Crippen LogP contribution in [-0.4, -0.2) is 17.8 Å². The number of nitro groups is 1. The Morgan fingerprint density at radius 3 is 2.39 bits per heavy atom. The van der Waals surface area contributed by atoms with Crippen LogP contribution in [0.3, 0.4) is 0 Å². The minimum atomic E-state index is -0.397. The smallest absolute Gasteiger partial charge is 0.269 e. The van der Waals surface area contributed by atoms with Gasteiger partial charge in [0.25, 0.3) is 5.69 Å². The molecule has 0 spiro atoms. The van der Waals surface area contributed by atoms with Crippen LogP contribution in [0.4, 0.5) is 17.1 Å². The number of anilines is 1. The largest absolute Gasteiger partial charge is 0.328 e. The minimum absolute atomic E-state index is 0.0790. The Balaban J connectivity index is 1.89. The Hall–Kier alpha value is -3.21. The number of hydrogen-bond donors (Lipinski definition) is 0. The first-order valence-electron chi connectivity index (χ1n) is 7.24. The molecule has 0 saturated heterocycles. The zero-order valence-corrected chi connectivity index (χ0v) is 12.4. The average molecular weight is 303 g/mol. The van der Waals surface area contributed by atoms with E-state index in [1.807, 2.05) is 30.1 Å². The molecule has 1 aliphatic heterocycles. The molecule has 0 saturated carbocycles. The first kappa shape index (κ1) is 13.5. The maximum absolute atomic E-state index is 10.8. The third kappa shape index (κ3) is 2.05. The van der Waals surface area contributed by atoms with Crippen molar-refractivity contribution in [1.29, 1.82) is 0 Å². The molecule has 0 fully saturated rings. The fraction of sp³-hybridized carbons (Fsp3) is 0.0556. The van der Waals surface area contributed by atoms with Crippen molar-refractivity contribution >= 4 is 33.7 Å². The quantitative estimate of drug-likeness (QED) is 0.524. The van der Waals surface area contributed by atoms with E-state index in [-0.39, 0.29) is 5.69 Å². The Kier molecular flexibility index (Phi) is 2.87. The van der Waals surface area contributed by atoms with Crippen molar-refractivity contribution in [3.8, 4) is 0 Å². The van der Waals surface area contributed by atoms with E-state index in [2.05, 4.69) is 18.2 Å². The Morgan fingerprint density at radius 2 is 1.70 bits per heavy atom. The standard InChI is InChI=1S/C18H13N3O2/c1-20-16-7-3-5-12-4-2-6-15(17(12)16)19-18(20)13-8-10-14(11-9-13)21(22)23/h2-11H,1H3. The summed E-state index contributed by atoms with van der Waals surface area (Å²) in [6, 6.07) is 18.7. The van der Waals surface area contributed by atoms with Crippen LogP contribution in [0, 0.1) is 10.1 Å². The summed E-state index contributed by atoms with van der Waals surface area (Å²) in [7, 11) is 1.96. The molecule has 0 bridgehead atoms. The molecule has 5 nitrogen and oxygen atoms in total. The highest BCUT2D eigenvalue weighted by Crippen LogP contribution is 2.38. The summed E-state index contributed by atoms with van der Waals surface area (Å²) < 4.78 is 0. The van der Waals surface area contributed by atoms with Gasteiger partial charge in [-0.25, -0.2) is 4.99 Å². The lowest BCUT2D eigenvalue weighted by Crippen LogP contribution is -2.29. The highest BCUT2D eigenvalue weighted by molar-refractivity contribution is 6.20. The van der Waals surface area contributed by atoms with Crippen LogP contribution >= 0.6 is 0 Å². The van der Waals surface area contributed by atoms with Crippen molar-refractivity contribution in [1.82, 2.24) is 0 Å². The van der Waals surface area contributed by atoms with E-state index in [0.29, 0.717) is 0 Å². The fourth-order valence-corrected chi connectivity index (χ4v) is 2.97. The highest BCUT2D eigenvalue weighted by Gasteiger charge is 2.21. The van der Waals surface area contributed by atoms with E-state index in [1.165, 1.54) is 12.1 Å². The summed E-state index contributed by atoms with van der Waals surface area (Å²) in [4.78, 5) is 17.2. The molecular weight excluding hydrogens is 290 g/mol. The van der Waals surface area contributed by atoms with Gasteiger partial charge in [0, 0.05) is 30.1 Å². The fourth-order valence-electron chi connectivity index (χ4n) is 2.97. The molecule has 1 heterocycles. The van der Waals surface area contributed by atoms with Crippen LogP contribution in [0.5, 0.6) is 0 Å². The predicted octanol–water partition coefficient (Wildman–Crippen LogP) is 4.28. The molecule has 3 aromatic carbocycles. The number of nitrogens with zero attached hydrogens (tertiary/aromatic N) is 3. The minimum Gasteiger partial charge on any atom is -0.328 e. The molecule has 0 aliphatic carbocycles. The molecule has 23 heavy (non-hydrogen) atoms. The van der Waals surface area contributed by atoms with E-state index in [9.17, 15) is 10.1 Å². The molecular formula is C18H13N3O2. The lowest BCUT2D eigenvalue weighted by molar-refractivity contribution is -0.384. The Labute approximate surface area is 132 Å². The molecule has 4 rings (SSSR count). The van der Waals surface area contributed by atoms with E-state index >= 15 is 0 Å². The van der Waals surface area contributed by atoms with Gasteiger partial charge in [0.2, 0.25) is 0 Å². The van der Waals surface area contributed by atoms with E-state index in [0.717, 1.165) is 33.5 Å². The zero-order valence-electron chi connectivity index (χ0n) is 12.4. The van der Waals surface area contributed by atoms with E-state index in [1.54, 1.807) is 12.1 Å². The lowest BCUT2D eigenvalue weighted by atomic mass is 10.0. The second-order valence-corrected chi connectivity index (χ2v) is 5.45. The zero-order chi connectivity index (χ0) is 16.0. The summed E-state index contributed by atoms with van der Waals surface area (Å²) >= 11 is 0. The summed E-state index contributed by atoms with van der Waals surface area (Å²) in [5.74, 6) is 0.783. The maximum atomic E-state index is 10.8. The van der Waals surface area contributed by atoms with Crippen LogP contribution in [0.15, 0.2) is 65.7 Å². The monoisotopic (exact) mass is 303 g/mol. The molecule has 0 amide bonds. The second-order valence-electron chi connectivity index (χ2n) is 5.45.